The van der Waals surface area contributed by atoms with Crippen molar-refractivity contribution < 1.29 is 13.2 Å². The van der Waals surface area contributed by atoms with Gasteiger partial charge in [-0.05, 0) is 61.2 Å². The Balaban J connectivity index is 1.45. The fourth-order valence-corrected chi connectivity index (χ4v) is 6.48. The summed E-state index contributed by atoms with van der Waals surface area (Å²) >= 11 is 0. The summed E-state index contributed by atoms with van der Waals surface area (Å²) in [7, 11) is -3.59. The molecule has 0 saturated carbocycles. The van der Waals surface area contributed by atoms with Crippen LogP contribution in [0.1, 0.15) is 36.5 Å². The van der Waals surface area contributed by atoms with Crippen LogP contribution in [0, 0.1) is 6.92 Å². The fourth-order valence-electron chi connectivity index (χ4n) is 4.79. The lowest BCUT2D eigenvalue weighted by Gasteiger charge is -2.40. The molecule has 1 amide bonds. The summed E-state index contributed by atoms with van der Waals surface area (Å²) in [6, 6.07) is 13.1. The summed E-state index contributed by atoms with van der Waals surface area (Å²) in [4.78, 5) is 15.1. The van der Waals surface area contributed by atoms with E-state index in [4.69, 9.17) is 0 Å². The van der Waals surface area contributed by atoms with Gasteiger partial charge in [-0.3, -0.25) is 9.69 Å². The molecular weight excluding hydrogens is 436 g/mol. The first-order valence-corrected chi connectivity index (χ1v) is 13.2. The van der Waals surface area contributed by atoms with Crippen molar-refractivity contribution in [2.75, 3.05) is 38.0 Å². The van der Waals surface area contributed by atoms with Gasteiger partial charge >= 0.3 is 0 Å². The lowest BCUT2D eigenvalue weighted by molar-refractivity contribution is -0.117. The summed E-state index contributed by atoms with van der Waals surface area (Å²) < 4.78 is 28.8. The molecule has 1 saturated heterocycles. The maximum absolute atomic E-state index is 13.6. The lowest BCUT2D eigenvalue weighted by Crippen LogP contribution is -2.56. The molecule has 2 aliphatic rings. The summed E-state index contributed by atoms with van der Waals surface area (Å²) in [5, 5.41) is 6.30. The number of para-hydroxylation sites is 1. The zero-order chi connectivity index (χ0) is 23.4. The molecular formula is C25H34N4O3S. The highest BCUT2D eigenvalue weighted by Gasteiger charge is 2.36. The number of benzene rings is 2. The number of anilines is 1. The summed E-state index contributed by atoms with van der Waals surface area (Å²) in [6.45, 7) is 7.41. The zero-order valence-corrected chi connectivity index (χ0v) is 20.3. The first-order chi connectivity index (χ1) is 15.9. The van der Waals surface area contributed by atoms with Crippen molar-refractivity contribution in [2.45, 2.75) is 50.6 Å². The minimum atomic E-state index is -3.59. The smallest absolute Gasteiger partial charge is 0.243 e. The molecule has 0 radical (unpaired) electrons. The van der Waals surface area contributed by atoms with Gasteiger partial charge in [-0.1, -0.05) is 37.6 Å². The number of fused-ring (bicyclic) bond motifs is 1. The van der Waals surface area contributed by atoms with Crippen LogP contribution >= 0.6 is 0 Å². The molecule has 2 aliphatic heterocycles. The predicted octanol–water partition coefficient (Wildman–Crippen LogP) is 2.75. The number of hydrogen-bond acceptors (Lipinski definition) is 5. The molecule has 1 atom stereocenters. The van der Waals surface area contributed by atoms with Gasteiger partial charge < -0.3 is 10.6 Å². The molecule has 8 heteroatoms. The number of carbonyl (C=O) groups excluding carboxylic acids is 1. The van der Waals surface area contributed by atoms with Crippen molar-refractivity contribution >= 4 is 21.6 Å². The Hall–Kier alpha value is -2.26. The van der Waals surface area contributed by atoms with Crippen LogP contribution in [0.5, 0.6) is 0 Å². The van der Waals surface area contributed by atoms with Crippen LogP contribution in [-0.2, 0) is 27.8 Å². The topological polar surface area (TPSA) is 81.8 Å². The van der Waals surface area contributed by atoms with E-state index in [1.807, 2.05) is 43.3 Å². The Bertz CT molecular complexity index is 1100. The van der Waals surface area contributed by atoms with Gasteiger partial charge in [0.05, 0.1) is 11.4 Å². The van der Waals surface area contributed by atoms with Crippen LogP contribution in [0.2, 0.25) is 0 Å². The minimum Gasteiger partial charge on any atom is -0.325 e. The number of aryl methyl sites for hydroxylation is 1. The molecule has 0 bridgehead atoms. The van der Waals surface area contributed by atoms with Crippen LogP contribution in [-0.4, -0.2) is 62.3 Å². The van der Waals surface area contributed by atoms with Gasteiger partial charge in [-0.2, -0.15) is 4.31 Å². The Labute approximate surface area is 197 Å². The van der Waals surface area contributed by atoms with E-state index in [1.54, 1.807) is 10.4 Å². The second-order valence-corrected chi connectivity index (χ2v) is 10.9. The van der Waals surface area contributed by atoms with E-state index in [1.165, 1.54) is 5.56 Å². The Morgan fingerprint density at radius 1 is 1.15 bits per heavy atom. The van der Waals surface area contributed by atoms with Crippen molar-refractivity contribution in [3.05, 3.63) is 59.2 Å². The number of hydrogen-bond donors (Lipinski definition) is 2. The number of carbonyl (C=O) groups is 1. The number of nitrogens with zero attached hydrogens (tertiary/aromatic N) is 2. The largest absolute Gasteiger partial charge is 0.325 e. The molecule has 2 N–H and O–H groups in total. The van der Waals surface area contributed by atoms with Crippen LogP contribution < -0.4 is 10.6 Å². The van der Waals surface area contributed by atoms with Crippen LogP contribution in [0.4, 0.5) is 5.69 Å². The van der Waals surface area contributed by atoms with Crippen LogP contribution in [0.25, 0.3) is 0 Å². The molecule has 178 valence electrons. The molecule has 1 fully saturated rings. The van der Waals surface area contributed by atoms with Crippen molar-refractivity contribution in [3.8, 4) is 0 Å². The van der Waals surface area contributed by atoms with Crippen molar-refractivity contribution in [1.29, 1.82) is 0 Å². The summed E-state index contributed by atoms with van der Waals surface area (Å²) in [6.07, 6.45) is 2.58. The highest BCUT2D eigenvalue weighted by molar-refractivity contribution is 7.89. The number of sulfonamides is 1. The molecule has 7 nitrogen and oxygen atoms in total. The van der Waals surface area contributed by atoms with Gasteiger partial charge in [0.25, 0.3) is 0 Å². The quantitative estimate of drug-likeness (QED) is 0.650. The first-order valence-electron chi connectivity index (χ1n) is 11.8. The van der Waals surface area contributed by atoms with E-state index >= 15 is 0 Å². The monoisotopic (exact) mass is 470 g/mol. The summed E-state index contributed by atoms with van der Waals surface area (Å²) in [5.41, 5.74) is 4.13. The van der Waals surface area contributed by atoms with E-state index in [0.717, 1.165) is 42.6 Å². The maximum atomic E-state index is 13.6. The third-order valence-electron chi connectivity index (χ3n) is 6.59. The third-order valence-corrected chi connectivity index (χ3v) is 8.54. The number of nitrogens with one attached hydrogen (secondary N) is 2. The van der Waals surface area contributed by atoms with Gasteiger partial charge in [0.1, 0.15) is 0 Å². The zero-order valence-electron chi connectivity index (χ0n) is 19.5. The van der Waals surface area contributed by atoms with Gasteiger partial charge in [-0.25, -0.2) is 8.42 Å². The molecule has 2 heterocycles. The van der Waals surface area contributed by atoms with Gasteiger partial charge in [0.15, 0.2) is 0 Å². The van der Waals surface area contributed by atoms with Crippen LogP contribution in [0.3, 0.4) is 0 Å². The number of piperazine rings is 1. The lowest BCUT2D eigenvalue weighted by atomic mass is 10.0. The van der Waals surface area contributed by atoms with Crippen LogP contribution in [0.15, 0.2) is 47.4 Å². The van der Waals surface area contributed by atoms with Crippen molar-refractivity contribution in [2.24, 2.45) is 0 Å². The average molecular weight is 471 g/mol. The van der Waals surface area contributed by atoms with Gasteiger partial charge in [0, 0.05) is 37.9 Å². The highest BCUT2D eigenvalue weighted by atomic mass is 32.2. The number of rotatable bonds is 7. The van der Waals surface area contributed by atoms with Crippen molar-refractivity contribution in [1.82, 2.24) is 14.5 Å². The Morgan fingerprint density at radius 3 is 2.76 bits per heavy atom. The third kappa shape index (κ3) is 5.46. The average Bonchev–Trinajstić information content (AvgIpc) is 2.80. The first kappa shape index (κ1) is 23.9. The van der Waals surface area contributed by atoms with E-state index in [2.05, 4.69) is 22.5 Å². The highest BCUT2D eigenvalue weighted by Crippen LogP contribution is 2.26. The molecule has 0 aliphatic carbocycles. The normalized spacial score (nSPS) is 19.8. The fraction of sp³-hybridized carbons (Fsp3) is 0.480. The van der Waals surface area contributed by atoms with E-state index in [9.17, 15) is 13.2 Å². The molecule has 4 rings (SSSR count). The predicted molar refractivity (Wildman–Crippen MR) is 131 cm³/mol. The van der Waals surface area contributed by atoms with Gasteiger partial charge in [0.2, 0.25) is 15.9 Å². The maximum Gasteiger partial charge on any atom is 0.243 e. The standard InChI is InChI=1S/C25H34N4O3S/c1-3-6-22-17-28(18-25(30)27-24-8-5-4-7-19(24)2)13-14-29(22)33(31,32)23-10-9-20-11-12-26-16-21(20)15-23/h4-5,7-10,15,22,26H,3,6,11-14,16-18H2,1-2H3,(H,27,30). The second kappa shape index (κ2) is 10.3. The number of amides is 1. The van der Waals surface area contributed by atoms with Crippen molar-refractivity contribution in [3.63, 3.8) is 0 Å². The molecule has 33 heavy (non-hydrogen) atoms. The van der Waals surface area contributed by atoms with E-state index in [-0.39, 0.29) is 18.5 Å². The second-order valence-electron chi connectivity index (χ2n) is 9.01. The SMILES string of the molecule is CCCC1CN(CC(=O)Nc2ccccc2C)CCN1S(=O)(=O)c1ccc2c(c1)CNCC2. The molecule has 2 aromatic rings. The molecule has 2 aromatic carbocycles. The Kier molecular flexibility index (Phi) is 7.48. The molecule has 0 aromatic heterocycles. The Morgan fingerprint density at radius 2 is 1.97 bits per heavy atom. The molecule has 0 spiro atoms. The van der Waals surface area contributed by atoms with E-state index in [0.29, 0.717) is 31.1 Å². The summed E-state index contributed by atoms with van der Waals surface area (Å²) in [5.74, 6) is -0.0713. The molecule has 1 unspecified atom stereocenters. The van der Waals surface area contributed by atoms with Gasteiger partial charge in [-0.15, -0.1) is 0 Å². The van der Waals surface area contributed by atoms with E-state index < -0.39 is 10.0 Å². The minimum absolute atomic E-state index is 0.0713.